The number of aromatic nitrogens is 3. The normalized spacial score (nSPS) is 14.0. The van der Waals surface area contributed by atoms with Crippen LogP contribution in [0.25, 0.3) is 0 Å². The molecule has 0 aliphatic carbocycles. The predicted molar refractivity (Wildman–Crippen MR) is 85.4 cm³/mol. The molecule has 0 bridgehead atoms. The quantitative estimate of drug-likeness (QED) is 0.934. The third kappa shape index (κ3) is 2.78. The van der Waals surface area contributed by atoms with Gasteiger partial charge >= 0.3 is 0 Å². The molecule has 1 aliphatic heterocycles. The third-order valence-corrected chi connectivity index (χ3v) is 4.11. The maximum atomic E-state index is 12.9. The Labute approximate surface area is 135 Å². The second kappa shape index (κ2) is 5.98. The third-order valence-electron chi connectivity index (χ3n) is 4.11. The molecule has 7 heteroatoms. The SMILES string of the molecule is CNc1cc2c(nn1)CCN(C(=O)c1c(C)noc1C(C)C)C2. The number of carbonyl (C=O) groups excluding carboxylic acids is 1. The fourth-order valence-corrected chi connectivity index (χ4v) is 2.82. The fraction of sp³-hybridized carbons (Fsp3) is 0.500. The van der Waals surface area contributed by atoms with E-state index in [2.05, 4.69) is 20.7 Å². The second-order valence-electron chi connectivity index (χ2n) is 6.09. The van der Waals surface area contributed by atoms with E-state index in [9.17, 15) is 4.79 Å². The molecule has 2 aromatic rings. The lowest BCUT2D eigenvalue weighted by Gasteiger charge is -2.28. The van der Waals surface area contributed by atoms with Gasteiger partial charge in [0, 0.05) is 32.5 Å². The van der Waals surface area contributed by atoms with E-state index in [1.165, 1.54) is 0 Å². The van der Waals surface area contributed by atoms with Gasteiger partial charge in [-0.15, -0.1) is 5.10 Å². The molecule has 0 atom stereocenters. The molecular formula is C16H21N5O2. The van der Waals surface area contributed by atoms with Crippen LogP contribution in [0.2, 0.25) is 0 Å². The van der Waals surface area contributed by atoms with Gasteiger partial charge in [-0.3, -0.25) is 4.79 Å². The number of rotatable bonds is 3. The lowest BCUT2D eigenvalue weighted by Crippen LogP contribution is -2.37. The topological polar surface area (TPSA) is 84.2 Å². The van der Waals surface area contributed by atoms with Gasteiger partial charge in [0.2, 0.25) is 0 Å². The van der Waals surface area contributed by atoms with Crippen molar-refractivity contribution in [2.45, 2.75) is 39.7 Å². The molecule has 23 heavy (non-hydrogen) atoms. The van der Waals surface area contributed by atoms with Crippen LogP contribution in [0.4, 0.5) is 5.82 Å². The van der Waals surface area contributed by atoms with Crippen LogP contribution in [0.5, 0.6) is 0 Å². The van der Waals surface area contributed by atoms with Crippen LogP contribution in [0.15, 0.2) is 10.6 Å². The van der Waals surface area contributed by atoms with E-state index in [0.717, 1.165) is 11.3 Å². The summed E-state index contributed by atoms with van der Waals surface area (Å²) in [4.78, 5) is 14.8. The van der Waals surface area contributed by atoms with Gasteiger partial charge in [0.1, 0.15) is 11.4 Å². The van der Waals surface area contributed by atoms with E-state index in [1.807, 2.05) is 31.7 Å². The molecule has 122 valence electrons. The Kier molecular flexibility index (Phi) is 4.02. The first-order chi connectivity index (χ1) is 11.0. The molecule has 0 fully saturated rings. The number of carbonyl (C=O) groups is 1. The monoisotopic (exact) mass is 315 g/mol. The molecule has 2 aromatic heterocycles. The highest BCUT2D eigenvalue weighted by Gasteiger charge is 2.29. The highest BCUT2D eigenvalue weighted by Crippen LogP contribution is 2.26. The van der Waals surface area contributed by atoms with E-state index in [4.69, 9.17) is 4.52 Å². The van der Waals surface area contributed by atoms with E-state index >= 15 is 0 Å². The van der Waals surface area contributed by atoms with E-state index in [1.54, 1.807) is 7.05 Å². The zero-order valence-electron chi connectivity index (χ0n) is 13.9. The van der Waals surface area contributed by atoms with Gasteiger partial charge in [0.15, 0.2) is 5.76 Å². The van der Waals surface area contributed by atoms with Gasteiger partial charge in [-0.05, 0) is 18.6 Å². The first kappa shape index (κ1) is 15.5. The Bertz CT molecular complexity index is 738. The van der Waals surface area contributed by atoms with E-state index < -0.39 is 0 Å². The molecular weight excluding hydrogens is 294 g/mol. The van der Waals surface area contributed by atoms with Gasteiger partial charge in [0.25, 0.3) is 5.91 Å². The van der Waals surface area contributed by atoms with Gasteiger partial charge in [-0.1, -0.05) is 19.0 Å². The summed E-state index contributed by atoms with van der Waals surface area (Å²) in [7, 11) is 1.80. The van der Waals surface area contributed by atoms with Crippen molar-refractivity contribution in [1.82, 2.24) is 20.3 Å². The Hall–Kier alpha value is -2.44. The first-order valence-electron chi connectivity index (χ1n) is 7.80. The molecule has 0 radical (unpaired) electrons. The van der Waals surface area contributed by atoms with Gasteiger partial charge < -0.3 is 14.7 Å². The minimum atomic E-state index is -0.0269. The molecule has 0 saturated heterocycles. The highest BCUT2D eigenvalue weighted by molar-refractivity contribution is 5.96. The lowest BCUT2D eigenvalue weighted by atomic mass is 10.0. The lowest BCUT2D eigenvalue weighted by molar-refractivity contribution is 0.0729. The Morgan fingerprint density at radius 2 is 2.17 bits per heavy atom. The molecule has 1 amide bonds. The van der Waals surface area contributed by atoms with Crippen LogP contribution in [-0.4, -0.2) is 39.8 Å². The maximum Gasteiger partial charge on any atom is 0.259 e. The van der Waals surface area contributed by atoms with Crippen molar-refractivity contribution in [3.05, 3.63) is 34.3 Å². The molecule has 3 heterocycles. The number of hydrogen-bond donors (Lipinski definition) is 1. The van der Waals surface area contributed by atoms with Crippen LogP contribution in [-0.2, 0) is 13.0 Å². The van der Waals surface area contributed by atoms with Crippen molar-refractivity contribution in [2.75, 3.05) is 18.9 Å². The smallest absolute Gasteiger partial charge is 0.259 e. The summed E-state index contributed by atoms with van der Waals surface area (Å²) >= 11 is 0. The van der Waals surface area contributed by atoms with Crippen molar-refractivity contribution in [3.63, 3.8) is 0 Å². The molecule has 0 aromatic carbocycles. The van der Waals surface area contributed by atoms with Crippen molar-refractivity contribution >= 4 is 11.7 Å². The molecule has 0 unspecified atom stereocenters. The van der Waals surface area contributed by atoms with Crippen LogP contribution in [0.1, 0.15) is 52.8 Å². The largest absolute Gasteiger partial charge is 0.372 e. The summed E-state index contributed by atoms with van der Waals surface area (Å²) in [6.07, 6.45) is 0.708. The fourth-order valence-electron chi connectivity index (χ4n) is 2.82. The zero-order valence-corrected chi connectivity index (χ0v) is 13.9. The highest BCUT2D eigenvalue weighted by atomic mass is 16.5. The maximum absolute atomic E-state index is 12.9. The van der Waals surface area contributed by atoms with Crippen LogP contribution >= 0.6 is 0 Å². The molecule has 0 saturated carbocycles. The summed E-state index contributed by atoms with van der Waals surface area (Å²) in [6, 6.07) is 1.95. The molecule has 1 aliphatic rings. The molecule has 0 spiro atoms. The van der Waals surface area contributed by atoms with Crippen molar-refractivity contribution < 1.29 is 9.32 Å². The van der Waals surface area contributed by atoms with Gasteiger partial charge in [-0.25, -0.2) is 0 Å². The Morgan fingerprint density at radius 1 is 1.39 bits per heavy atom. The van der Waals surface area contributed by atoms with Crippen molar-refractivity contribution in [2.24, 2.45) is 0 Å². The molecule has 1 N–H and O–H groups in total. The Balaban J connectivity index is 1.89. The first-order valence-corrected chi connectivity index (χ1v) is 7.80. The van der Waals surface area contributed by atoms with Crippen molar-refractivity contribution in [3.8, 4) is 0 Å². The minimum absolute atomic E-state index is 0.0269. The van der Waals surface area contributed by atoms with Gasteiger partial charge in [-0.2, -0.15) is 5.10 Å². The van der Waals surface area contributed by atoms with Crippen LogP contribution in [0, 0.1) is 6.92 Å². The minimum Gasteiger partial charge on any atom is -0.372 e. The summed E-state index contributed by atoms with van der Waals surface area (Å²) in [6.45, 7) is 6.96. The number of fused-ring (bicyclic) bond motifs is 1. The van der Waals surface area contributed by atoms with Crippen LogP contribution < -0.4 is 5.32 Å². The predicted octanol–water partition coefficient (Wildman–Crippen LogP) is 2.14. The average molecular weight is 315 g/mol. The Morgan fingerprint density at radius 3 is 2.87 bits per heavy atom. The number of aryl methyl sites for hydroxylation is 1. The van der Waals surface area contributed by atoms with Crippen LogP contribution in [0.3, 0.4) is 0 Å². The number of nitrogens with one attached hydrogen (secondary N) is 1. The summed E-state index contributed by atoms with van der Waals surface area (Å²) in [5.74, 6) is 1.46. The van der Waals surface area contributed by atoms with E-state index in [-0.39, 0.29) is 11.8 Å². The van der Waals surface area contributed by atoms with Gasteiger partial charge in [0.05, 0.1) is 11.4 Å². The summed E-state index contributed by atoms with van der Waals surface area (Å²) < 4.78 is 5.34. The summed E-state index contributed by atoms with van der Waals surface area (Å²) in [5, 5.41) is 15.3. The van der Waals surface area contributed by atoms with E-state index in [0.29, 0.717) is 42.3 Å². The number of anilines is 1. The number of nitrogens with zero attached hydrogens (tertiary/aromatic N) is 4. The standard InChI is InChI=1S/C16H21N5O2/c1-9(2)15-14(10(3)20-23-15)16(22)21-6-5-12-11(8-21)7-13(17-4)19-18-12/h7,9H,5-6,8H2,1-4H3,(H,17,19). The number of amides is 1. The summed E-state index contributed by atoms with van der Waals surface area (Å²) in [5.41, 5.74) is 3.23. The average Bonchev–Trinajstić information content (AvgIpc) is 2.95. The molecule has 3 rings (SSSR count). The second-order valence-corrected chi connectivity index (χ2v) is 6.09. The molecule has 7 nitrogen and oxygen atoms in total. The zero-order chi connectivity index (χ0) is 16.6. The van der Waals surface area contributed by atoms with Crippen molar-refractivity contribution in [1.29, 1.82) is 0 Å². The number of hydrogen-bond acceptors (Lipinski definition) is 6.